The molecule has 1 aliphatic rings. The molecule has 2 rings (SSSR count). The van der Waals surface area contributed by atoms with Crippen LogP contribution in [0.5, 0.6) is 5.75 Å². The van der Waals surface area contributed by atoms with Crippen LogP contribution in [0.3, 0.4) is 0 Å². The van der Waals surface area contributed by atoms with Crippen LogP contribution in [0, 0.1) is 5.92 Å². The molecule has 1 N–H and O–H groups in total. The number of benzene rings is 1. The first-order valence-electron chi connectivity index (χ1n) is 7.25. The van der Waals surface area contributed by atoms with E-state index in [1.807, 2.05) is 6.07 Å². The summed E-state index contributed by atoms with van der Waals surface area (Å²) in [7, 11) is 3.76. The molecule has 3 heteroatoms. The van der Waals surface area contributed by atoms with Crippen LogP contribution < -0.4 is 10.1 Å². The van der Waals surface area contributed by atoms with Crippen LogP contribution in [0.1, 0.15) is 50.1 Å². The minimum absolute atomic E-state index is 0.431. The van der Waals surface area contributed by atoms with Crippen molar-refractivity contribution in [1.29, 1.82) is 0 Å². The third-order valence-electron chi connectivity index (χ3n) is 4.27. The van der Waals surface area contributed by atoms with Crippen molar-refractivity contribution in [2.45, 2.75) is 44.6 Å². The molecule has 1 atom stereocenters. The molecule has 0 aromatic heterocycles. The molecule has 0 heterocycles. The van der Waals surface area contributed by atoms with Gasteiger partial charge >= 0.3 is 0 Å². The summed E-state index contributed by atoms with van der Waals surface area (Å²) in [6.07, 6.45) is 8.28. The van der Waals surface area contributed by atoms with E-state index < -0.39 is 0 Å². The Morgan fingerprint density at radius 3 is 2.68 bits per heavy atom. The summed E-state index contributed by atoms with van der Waals surface area (Å²) in [5.41, 5.74) is 1.33. The van der Waals surface area contributed by atoms with Gasteiger partial charge in [-0.25, -0.2) is 0 Å². The fraction of sp³-hybridized carbons (Fsp3) is 0.625. The van der Waals surface area contributed by atoms with Crippen LogP contribution in [0.25, 0.3) is 0 Å². The van der Waals surface area contributed by atoms with Gasteiger partial charge in [0.15, 0.2) is 0 Å². The Morgan fingerprint density at radius 2 is 2.11 bits per heavy atom. The van der Waals surface area contributed by atoms with Gasteiger partial charge in [0.2, 0.25) is 0 Å². The Bertz CT molecular complexity index is 402. The first kappa shape index (κ1) is 14.9. The predicted molar refractivity (Wildman–Crippen MR) is 83.7 cm³/mol. The molecular weight excluding hydrogens is 302 g/mol. The van der Waals surface area contributed by atoms with Crippen LogP contribution in [0.15, 0.2) is 22.7 Å². The molecule has 0 saturated heterocycles. The second kappa shape index (κ2) is 7.30. The lowest BCUT2D eigenvalue weighted by Crippen LogP contribution is -2.17. The standard InChI is InChI=1S/C16H24BrNO/c1-18-16(10-7-12-5-3-4-6-12)14-9-8-13(19-2)11-15(14)17/h8-9,11-12,16,18H,3-7,10H2,1-2H3. The van der Waals surface area contributed by atoms with Crippen molar-refractivity contribution in [3.05, 3.63) is 28.2 Å². The molecule has 0 bridgehead atoms. The van der Waals surface area contributed by atoms with E-state index >= 15 is 0 Å². The number of nitrogens with one attached hydrogen (secondary N) is 1. The average Bonchev–Trinajstić information content (AvgIpc) is 2.94. The summed E-state index contributed by atoms with van der Waals surface area (Å²) in [4.78, 5) is 0. The van der Waals surface area contributed by atoms with Gasteiger partial charge < -0.3 is 10.1 Å². The van der Waals surface area contributed by atoms with E-state index in [1.54, 1.807) is 7.11 Å². The van der Waals surface area contributed by atoms with Crippen molar-refractivity contribution in [2.24, 2.45) is 5.92 Å². The van der Waals surface area contributed by atoms with Crippen molar-refractivity contribution in [2.75, 3.05) is 14.2 Å². The maximum absolute atomic E-state index is 5.25. The van der Waals surface area contributed by atoms with E-state index in [0.717, 1.165) is 16.1 Å². The average molecular weight is 326 g/mol. The largest absolute Gasteiger partial charge is 0.497 e. The summed E-state index contributed by atoms with van der Waals surface area (Å²) in [6, 6.07) is 6.69. The summed E-state index contributed by atoms with van der Waals surface area (Å²) < 4.78 is 6.39. The molecule has 106 valence electrons. The van der Waals surface area contributed by atoms with Crippen LogP contribution in [-0.4, -0.2) is 14.2 Å². The van der Waals surface area contributed by atoms with Crippen molar-refractivity contribution in [3.63, 3.8) is 0 Å². The Balaban J connectivity index is 1.99. The van der Waals surface area contributed by atoms with Gasteiger partial charge in [-0.05, 0) is 43.5 Å². The van der Waals surface area contributed by atoms with E-state index in [4.69, 9.17) is 4.74 Å². The monoisotopic (exact) mass is 325 g/mol. The highest BCUT2D eigenvalue weighted by Crippen LogP contribution is 2.34. The molecule has 0 aliphatic heterocycles. The van der Waals surface area contributed by atoms with E-state index in [0.29, 0.717) is 6.04 Å². The number of hydrogen-bond donors (Lipinski definition) is 1. The van der Waals surface area contributed by atoms with E-state index in [2.05, 4.69) is 40.4 Å². The van der Waals surface area contributed by atoms with Gasteiger partial charge in [-0.1, -0.05) is 47.7 Å². The zero-order chi connectivity index (χ0) is 13.7. The molecule has 1 unspecified atom stereocenters. The normalized spacial score (nSPS) is 17.6. The fourth-order valence-corrected chi connectivity index (χ4v) is 3.71. The highest BCUT2D eigenvalue weighted by atomic mass is 79.9. The SMILES string of the molecule is CNC(CCC1CCCC1)c1ccc(OC)cc1Br. The van der Waals surface area contributed by atoms with E-state index in [1.165, 1.54) is 44.1 Å². The second-order valence-electron chi connectivity index (χ2n) is 5.46. The van der Waals surface area contributed by atoms with Gasteiger partial charge in [-0.15, -0.1) is 0 Å². The summed E-state index contributed by atoms with van der Waals surface area (Å²) in [5.74, 6) is 1.86. The highest BCUT2D eigenvalue weighted by molar-refractivity contribution is 9.10. The van der Waals surface area contributed by atoms with Gasteiger partial charge in [0.25, 0.3) is 0 Å². The molecule has 0 amide bonds. The number of rotatable bonds is 6. The molecule has 0 spiro atoms. The van der Waals surface area contributed by atoms with Crippen molar-refractivity contribution >= 4 is 15.9 Å². The summed E-state index contributed by atoms with van der Waals surface area (Å²) in [6.45, 7) is 0. The predicted octanol–water partition coefficient (Wildman–Crippen LogP) is 4.69. The zero-order valence-corrected chi connectivity index (χ0v) is 13.5. The number of methoxy groups -OCH3 is 1. The highest BCUT2D eigenvalue weighted by Gasteiger charge is 2.19. The maximum atomic E-state index is 5.25. The Kier molecular flexibility index (Phi) is 5.71. The topological polar surface area (TPSA) is 21.3 Å². The molecule has 0 radical (unpaired) electrons. The first-order chi connectivity index (χ1) is 9.24. The third-order valence-corrected chi connectivity index (χ3v) is 4.96. The Hall–Kier alpha value is -0.540. The number of hydrogen-bond acceptors (Lipinski definition) is 2. The van der Waals surface area contributed by atoms with Crippen LogP contribution >= 0.6 is 15.9 Å². The van der Waals surface area contributed by atoms with Crippen molar-refractivity contribution < 1.29 is 4.74 Å². The minimum Gasteiger partial charge on any atom is -0.497 e. The first-order valence-corrected chi connectivity index (χ1v) is 8.04. The van der Waals surface area contributed by atoms with E-state index in [-0.39, 0.29) is 0 Å². The second-order valence-corrected chi connectivity index (χ2v) is 6.31. The third kappa shape index (κ3) is 3.96. The fourth-order valence-electron chi connectivity index (χ4n) is 3.07. The quantitative estimate of drug-likeness (QED) is 0.819. The van der Waals surface area contributed by atoms with Gasteiger partial charge in [0.1, 0.15) is 5.75 Å². The lowest BCUT2D eigenvalue weighted by Gasteiger charge is -2.20. The molecule has 1 fully saturated rings. The molecule has 19 heavy (non-hydrogen) atoms. The smallest absolute Gasteiger partial charge is 0.120 e. The van der Waals surface area contributed by atoms with Crippen LogP contribution in [0.4, 0.5) is 0 Å². The van der Waals surface area contributed by atoms with Gasteiger partial charge in [0.05, 0.1) is 7.11 Å². The zero-order valence-electron chi connectivity index (χ0n) is 11.9. The number of halogens is 1. The lowest BCUT2D eigenvalue weighted by atomic mass is 9.95. The minimum atomic E-state index is 0.431. The van der Waals surface area contributed by atoms with Crippen molar-refractivity contribution in [1.82, 2.24) is 5.32 Å². The molecule has 2 nitrogen and oxygen atoms in total. The maximum Gasteiger partial charge on any atom is 0.120 e. The van der Waals surface area contributed by atoms with Crippen molar-refractivity contribution in [3.8, 4) is 5.75 Å². The molecule has 1 aromatic carbocycles. The van der Waals surface area contributed by atoms with Crippen LogP contribution in [0.2, 0.25) is 0 Å². The van der Waals surface area contributed by atoms with Gasteiger partial charge in [-0.2, -0.15) is 0 Å². The molecule has 1 aliphatic carbocycles. The van der Waals surface area contributed by atoms with Gasteiger partial charge in [-0.3, -0.25) is 0 Å². The van der Waals surface area contributed by atoms with E-state index in [9.17, 15) is 0 Å². The summed E-state index contributed by atoms with van der Waals surface area (Å²) >= 11 is 3.66. The number of ether oxygens (including phenoxy) is 1. The summed E-state index contributed by atoms with van der Waals surface area (Å²) in [5, 5.41) is 3.45. The Morgan fingerprint density at radius 1 is 1.37 bits per heavy atom. The molecular formula is C16H24BrNO. The molecule has 1 aromatic rings. The van der Waals surface area contributed by atoms with Gasteiger partial charge in [0, 0.05) is 10.5 Å². The Labute approximate surface area is 125 Å². The molecule has 1 saturated carbocycles. The van der Waals surface area contributed by atoms with Crippen LogP contribution in [-0.2, 0) is 0 Å². The lowest BCUT2D eigenvalue weighted by molar-refractivity contribution is 0.411.